The second-order valence-corrected chi connectivity index (χ2v) is 6.02. The zero-order valence-electron chi connectivity index (χ0n) is 11.8. The van der Waals surface area contributed by atoms with E-state index in [1.54, 1.807) is 0 Å². The Balaban J connectivity index is 1.72. The summed E-state index contributed by atoms with van der Waals surface area (Å²) in [5.41, 5.74) is 0. The molecule has 0 bridgehead atoms. The van der Waals surface area contributed by atoms with Crippen molar-refractivity contribution >= 4 is 5.91 Å². The predicted molar refractivity (Wildman–Crippen MR) is 74.5 cm³/mol. The van der Waals surface area contributed by atoms with Crippen molar-refractivity contribution in [2.45, 2.75) is 64.3 Å². The van der Waals surface area contributed by atoms with Crippen molar-refractivity contribution in [1.82, 2.24) is 10.2 Å². The first-order valence-corrected chi connectivity index (χ1v) is 7.79. The Bertz CT molecular complexity index is 253. The predicted octanol–water partition coefficient (Wildman–Crippen LogP) is 2.56. The number of nitrogens with zero attached hydrogens (tertiary/aromatic N) is 1. The van der Waals surface area contributed by atoms with Gasteiger partial charge in [-0.1, -0.05) is 25.7 Å². The Hall–Kier alpha value is -0.570. The molecule has 1 saturated carbocycles. The van der Waals surface area contributed by atoms with Crippen molar-refractivity contribution in [3.63, 3.8) is 0 Å². The van der Waals surface area contributed by atoms with Gasteiger partial charge in [-0.05, 0) is 45.1 Å². The first-order valence-electron chi connectivity index (χ1n) is 7.79. The minimum atomic E-state index is 0.00343. The summed E-state index contributed by atoms with van der Waals surface area (Å²) in [7, 11) is 0. The van der Waals surface area contributed by atoms with Gasteiger partial charge in [-0.2, -0.15) is 0 Å². The van der Waals surface area contributed by atoms with E-state index in [4.69, 9.17) is 0 Å². The molecule has 0 aromatic rings. The van der Waals surface area contributed by atoms with Gasteiger partial charge in [-0.15, -0.1) is 0 Å². The summed E-state index contributed by atoms with van der Waals surface area (Å²) in [5.74, 6) is 1.12. The van der Waals surface area contributed by atoms with E-state index in [2.05, 4.69) is 10.2 Å². The molecule has 1 N–H and O–H groups in total. The maximum atomic E-state index is 12.3. The molecule has 1 atom stereocenters. The number of likely N-dealkylation sites (tertiary alicyclic amines) is 1. The van der Waals surface area contributed by atoms with Crippen LogP contribution in [-0.2, 0) is 4.79 Å². The molecule has 0 aromatic heterocycles. The highest BCUT2D eigenvalue weighted by molar-refractivity contribution is 5.81. The lowest BCUT2D eigenvalue weighted by Crippen LogP contribution is -2.46. The van der Waals surface area contributed by atoms with E-state index in [1.807, 2.05) is 6.92 Å². The number of nitrogens with one attached hydrogen (secondary N) is 1. The summed E-state index contributed by atoms with van der Waals surface area (Å²) in [5, 5.41) is 3.45. The van der Waals surface area contributed by atoms with E-state index in [-0.39, 0.29) is 6.04 Å². The molecule has 2 fully saturated rings. The molecule has 0 spiro atoms. The third kappa shape index (κ3) is 3.98. The zero-order valence-corrected chi connectivity index (χ0v) is 11.8. The van der Waals surface area contributed by atoms with Crippen LogP contribution in [0.5, 0.6) is 0 Å². The fraction of sp³-hybridized carbons (Fsp3) is 0.933. The highest BCUT2D eigenvalue weighted by Gasteiger charge is 2.22. The fourth-order valence-corrected chi connectivity index (χ4v) is 3.21. The van der Waals surface area contributed by atoms with Crippen LogP contribution in [-0.4, -0.2) is 36.5 Å². The summed E-state index contributed by atoms with van der Waals surface area (Å²) in [6, 6.07) is 0.00343. The minimum Gasteiger partial charge on any atom is -0.341 e. The molecule has 1 aliphatic carbocycles. The molecule has 1 heterocycles. The van der Waals surface area contributed by atoms with Crippen LogP contribution >= 0.6 is 0 Å². The Morgan fingerprint density at radius 1 is 1.11 bits per heavy atom. The molecule has 0 radical (unpaired) electrons. The van der Waals surface area contributed by atoms with Gasteiger partial charge >= 0.3 is 0 Å². The minimum absolute atomic E-state index is 0.00343. The number of hydrogen-bond acceptors (Lipinski definition) is 2. The molecule has 3 heteroatoms. The van der Waals surface area contributed by atoms with Crippen LogP contribution in [0.1, 0.15) is 58.3 Å². The van der Waals surface area contributed by atoms with Gasteiger partial charge in [0.05, 0.1) is 6.04 Å². The van der Waals surface area contributed by atoms with Crippen LogP contribution in [0.2, 0.25) is 0 Å². The Morgan fingerprint density at radius 2 is 1.72 bits per heavy atom. The summed E-state index contributed by atoms with van der Waals surface area (Å²) >= 11 is 0. The average molecular weight is 252 g/mol. The van der Waals surface area contributed by atoms with E-state index in [1.165, 1.54) is 51.4 Å². The number of rotatable bonds is 4. The molecule has 0 aromatic carbocycles. The molecular weight excluding hydrogens is 224 g/mol. The third-order valence-electron chi connectivity index (χ3n) is 4.48. The maximum absolute atomic E-state index is 12.3. The highest BCUT2D eigenvalue weighted by atomic mass is 16.2. The van der Waals surface area contributed by atoms with Crippen molar-refractivity contribution in [3.8, 4) is 0 Å². The van der Waals surface area contributed by atoms with Crippen LogP contribution in [0.25, 0.3) is 0 Å². The topological polar surface area (TPSA) is 32.3 Å². The summed E-state index contributed by atoms with van der Waals surface area (Å²) < 4.78 is 0. The van der Waals surface area contributed by atoms with E-state index >= 15 is 0 Å². The normalized spacial score (nSPS) is 23.9. The molecule has 104 valence electrons. The first-order chi connectivity index (χ1) is 8.77. The largest absolute Gasteiger partial charge is 0.341 e. The number of amides is 1. The zero-order chi connectivity index (χ0) is 12.8. The smallest absolute Gasteiger partial charge is 0.239 e. The van der Waals surface area contributed by atoms with Crippen LogP contribution in [0.4, 0.5) is 0 Å². The first kappa shape index (κ1) is 13.9. The van der Waals surface area contributed by atoms with Gasteiger partial charge in [-0.3, -0.25) is 4.79 Å². The maximum Gasteiger partial charge on any atom is 0.239 e. The quantitative estimate of drug-likeness (QED) is 0.834. The number of carbonyl (C=O) groups is 1. The van der Waals surface area contributed by atoms with Crippen LogP contribution in [0, 0.1) is 5.92 Å². The van der Waals surface area contributed by atoms with Gasteiger partial charge in [0.25, 0.3) is 0 Å². The average Bonchev–Trinajstić information content (AvgIpc) is 2.75. The summed E-state index contributed by atoms with van der Waals surface area (Å²) in [6.07, 6.45) is 10.4. The van der Waals surface area contributed by atoms with Crippen molar-refractivity contribution in [3.05, 3.63) is 0 Å². The van der Waals surface area contributed by atoms with Gasteiger partial charge in [0.2, 0.25) is 5.91 Å². The Morgan fingerprint density at radius 3 is 2.33 bits per heavy atom. The number of hydrogen-bond donors (Lipinski definition) is 1. The monoisotopic (exact) mass is 252 g/mol. The molecule has 1 saturated heterocycles. The fourth-order valence-electron chi connectivity index (χ4n) is 3.21. The van der Waals surface area contributed by atoms with Crippen LogP contribution in [0.3, 0.4) is 0 Å². The molecular formula is C15H28N2O. The van der Waals surface area contributed by atoms with Gasteiger partial charge in [-0.25, -0.2) is 0 Å². The van der Waals surface area contributed by atoms with E-state index in [9.17, 15) is 4.79 Å². The molecule has 2 rings (SSSR count). The molecule has 18 heavy (non-hydrogen) atoms. The lowest BCUT2D eigenvalue weighted by molar-refractivity contribution is -0.133. The van der Waals surface area contributed by atoms with Gasteiger partial charge in [0.1, 0.15) is 0 Å². The van der Waals surface area contributed by atoms with Crippen LogP contribution < -0.4 is 5.32 Å². The molecule has 1 aliphatic heterocycles. The second-order valence-electron chi connectivity index (χ2n) is 6.02. The van der Waals surface area contributed by atoms with Crippen molar-refractivity contribution in [2.75, 3.05) is 19.6 Å². The van der Waals surface area contributed by atoms with Gasteiger partial charge in [0, 0.05) is 13.1 Å². The van der Waals surface area contributed by atoms with Gasteiger partial charge in [0.15, 0.2) is 0 Å². The molecule has 1 unspecified atom stereocenters. The molecule has 1 amide bonds. The van der Waals surface area contributed by atoms with E-state index < -0.39 is 0 Å². The Labute approximate surface area is 111 Å². The molecule has 2 aliphatic rings. The lowest BCUT2D eigenvalue weighted by atomic mass is 10.1. The van der Waals surface area contributed by atoms with Crippen molar-refractivity contribution in [1.29, 1.82) is 0 Å². The van der Waals surface area contributed by atoms with Crippen molar-refractivity contribution < 1.29 is 4.79 Å². The second kappa shape index (κ2) is 7.13. The van der Waals surface area contributed by atoms with Crippen molar-refractivity contribution in [2.24, 2.45) is 5.92 Å². The summed E-state index contributed by atoms with van der Waals surface area (Å²) in [4.78, 5) is 14.4. The number of carbonyl (C=O) groups excluding carboxylic acids is 1. The van der Waals surface area contributed by atoms with E-state index in [0.717, 1.165) is 25.6 Å². The summed E-state index contributed by atoms with van der Waals surface area (Å²) in [6.45, 7) is 4.99. The SMILES string of the molecule is CC(NCC1CCCC1)C(=O)N1CCCCCC1. The van der Waals surface area contributed by atoms with E-state index in [0.29, 0.717) is 5.91 Å². The highest BCUT2D eigenvalue weighted by Crippen LogP contribution is 2.23. The molecule has 3 nitrogen and oxygen atoms in total. The van der Waals surface area contributed by atoms with Crippen LogP contribution in [0.15, 0.2) is 0 Å². The van der Waals surface area contributed by atoms with Gasteiger partial charge < -0.3 is 10.2 Å². The standard InChI is InChI=1S/C15H28N2O/c1-13(16-12-14-8-4-5-9-14)15(18)17-10-6-2-3-7-11-17/h13-14,16H,2-12H2,1H3. The Kier molecular flexibility index (Phi) is 5.48. The third-order valence-corrected chi connectivity index (χ3v) is 4.48. The lowest BCUT2D eigenvalue weighted by Gasteiger charge is -2.25.